The van der Waals surface area contributed by atoms with E-state index >= 15 is 0 Å². The zero-order valence-electron chi connectivity index (χ0n) is 19.7. The molecule has 188 valence electrons. The Morgan fingerprint density at radius 1 is 1.00 bits per heavy atom. The SMILES string of the molecule is CC(=O)Nc1ccc(NC(=O)CSc2nc(CC(=O)N3CCN(c4ccccc4F)CC3)cs2)cc1. The Kier molecular flexibility index (Phi) is 8.55. The number of nitrogens with one attached hydrogen (secondary N) is 2. The van der Waals surface area contributed by atoms with Crippen LogP contribution in [-0.2, 0) is 20.8 Å². The molecular weight excluding hydrogens is 501 g/mol. The standard InChI is InChI=1S/C25H26FN5O3S2/c1-17(32)27-18-6-8-19(9-7-18)28-23(33)16-36-25-29-20(15-35-25)14-24(34)31-12-10-30(11-13-31)22-5-3-2-4-21(22)26/h2-9,15H,10-14,16H2,1H3,(H,27,32)(H,28,33). The summed E-state index contributed by atoms with van der Waals surface area (Å²) in [5, 5.41) is 7.33. The van der Waals surface area contributed by atoms with Gasteiger partial charge < -0.3 is 20.4 Å². The summed E-state index contributed by atoms with van der Waals surface area (Å²) >= 11 is 2.72. The number of carbonyl (C=O) groups is 3. The number of rotatable bonds is 8. The maximum absolute atomic E-state index is 14.0. The molecule has 0 radical (unpaired) electrons. The first-order valence-electron chi connectivity index (χ1n) is 11.4. The number of anilines is 3. The number of amides is 3. The van der Waals surface area contributed by atoms with E-state index in [4.69, 9.17) is 0 Å². The Hall–Kier alpha value is -3.44. The summed E-state index contributed by atoms with van der Waals surface area (Å²) in [5.41, 5.74) is 2.54. The normalized spacial score (nSPS) is 13.4. The van der Waals surface area contributed by atoms with Crippen molar-refractivity contribution in [2.45, 2.75) is 17.7 Å². The minimum atomic E-state index is -0.252. The summed E-state index contributed by atoms with van der Waals surface area (Å²) < 4.78 is 14.7. The molecule has 4 rings (SSSR count). The third-order valence-electron chi connectivity index (χ3n) is 5.50. The van der Waals surface area contributed by atoms with Crippen LogP contribution in [0.2, 0.25) is 0 Å². The number of halogens is 1. The Bertz CT molecular complexity index is 1230. The molecule has 1 aliphatic rings. The van der Waals surface area contributed by atoms with E-state index in [1.54, 1.807) is 41.3 Å². The van der Waals surface area contributed by atoms with E-state index in [2.05, 4.69) is 15.6 Å². The predicted molar refractivity (Wildman–Crippen MR) is 141 cm³/mol. The largest absolute Gasteiger partial charge is 0.366 e. The van der Waals surface area contributed by atoms with Gasteiger partial charge in [-0.2, -0.15) is 0 Å². The smallest absolute Gasteiger partial charge is 0.234 e. The number of para-hydroxylation sites is 1. The maximum atomic E-state index is 14.0. The summed E-state index contributed by atoms with van der Waals surface area (Å²) in [6, 6.07) is 13.5. The van der Waals surface area contributed by atoms with Gasteiger partial charge in [0.05, 0.1) is 23.6 Å². The third-order valence-corrected chi connectivity index (χ3v) is 7.57. The van der Waals surface area contributed by atoms with Gasteiger partial charge in [-0.15, -0.1) is 11.3 Å². The van der Waals surface area contributed by atoms with Crippen LogP contribution in [0.4, 0.5) is 21.5 Å². The van der Waals surface area contributed by atoms with Crippen LogP contribution >= 0.6 is 23.1 Å². The van der Waals surface area contributed by atoms with Crippen molar-refractivity contribution in [2.75, 3.05) is 47.5 Å². The first-order chi connectivity index (χ1) is 17.4. The Balaban J connectivity index is 1.20. The lowest BCUT2D eigenvalue weighted by Crippen LogP contribution is -2.49. The van der Waals surface area contributed by atoms with Crippen LogP contribution in [0.25, 0.3) is 0 Å². The lowest BCUT2D eigenvalue weighted by Gasteiger charge is -2.36. The topological polar surface area (TPSA) is 94.6 Å². The van der Waals surface area contributed by atoms with E-state index in [0.29, 0.717) is 48.9 Å². The second kappa shape index (κ2) is 12.0. The van der Waals surface area contributed by atoms with Crippen LogP contribution in [0.1, 0.15) is 12.6 Å². The molecule has 0 aliphatic carbocycles. The van der Waals surface area contributed by atoms with E-state index < -0.39 is 0 Å². The summed E-state index contributed by atoms with van der Waals surface area (Å²) in [5.74, 6) is -0.404. The quantitative estimate of drug-likeness (QED) is 0.432. The second-order valence-corrected chi connectivity index (χ2v) is 10.3. The lowest BCUT2D eigenvalue weighted by molar-refractivity contribution is -0.130. The molecule has 1 saturated heterocycles. The monoisotopic (exact) mass is 527 g/mol. The molecular formula is C25H26FN5O3S2. The van der Waals surface area contributed by atoms with Gasteiger partial charge in [0, 0.05) is 49.9 Å². The molecule has 0 bridgehead atoms. The highest BCUT2D eigenvalue weighted by molar-refractivity contribution is 8.01. The molecule has 0 saturated carbocycles. The minimum Gasteiger partial charge on any atom is -0.366 e. The number of benzene rings is 2. The Morgan fingerprint density at radius 2 is 1.67 bits per heavy atom. The fourth-order valence-electron chi connectivity index (χ4n) is 3.77. The summed E-state index contributed by atoms with van der Waals surface area (Å²) in [6.07, 6.45) is 0.198. The van der Waals surface area contributed by atoms with Crippen molar-refractivity contribution in [1.29, 1.82) is 0 Å². The van der Waals surface area contributed by atoms with E-state index in [9.17, 15) is 18.8 Å². The number of thiazole rings is 1. The van der Waals surface area contributed by atoms with E-state index in [-0.39, 0.29) is 35.7 Å². The molecule has 36 heavy (non-hydrogen) atoms. The van der Waals surface area contributed by atoms with Crippen LogP contribution in [0.15, 0.2) is 58.3 Å². The van der Waals surface area contributed by atoms with Gasteiger partial charge in [-0.1, -0.05) is 23.9 Å². The zero-order chi connectivity index (χ0) is 25.5. The number of carbonyl (C=O) groups excluding carboxylic acids is 3. The van der Waals surface area contributed by atoms with Crippen LogP contribution in [0.3, 0.4) is 0 Å². The molecule has 0 unspecified atom stereocenters. The van der Waals surface area contributed by atoms with Gasteiger partial charge in [-0.25, -0.2) is 9.37 Å². The molecule has 2 aromatic carbocycles. The number of hydrogen-bond acceptors (Lipinski definition) is 7. The molecule has 0 spiro atoms. The maximum Gasteiger partial charge on any atom is 0.234 e. The molecule has 1 aliphatic heterocycles. The van der Waals surface area contributed by atoms with Gasteiger partial charge in [0.1, 0.15) is 5.82 Å². The molecule has 11 heteroatoms. The van der Waals surface area contributed by atoms with Crippen LogP contribution in [0, 0.1) is 5.82 Å². The first kappa shape index (κ1) is 25.6. The van der Waals surface area contributed by atoms with Gasteiger partial charge >= 0.3 is 0 Å². The van der Waals surface area contributed by atoms with Gasteiger partial charge in [-0.05, 0) is 36.4 Å². The summed E-state index contributed by atoms with van der Waals surface area (Å²) in [6.45, 7) is 3.66. The van der Waals surface area contributed by atoms with E-state index in [1.807, 2.05) is 16.3 Å². The predicted octanol–water partition coefficient (Wildman–Crippen LogP) is 3.86. The van der Waals surface area contributed by atoms with Crippen molar-refractivity contribution in [3.63, 3.8) is 0 Å². The van der Waals surface area contributed by atoms with Crippen molar-refractivity contribution < 1.29 is 18.8 Å². The molecule has 2 heterocycles. The molecule has 0 atom stereocenters. The molecule has 8 nitrogen and oxygen atoms in total. The highest BCUT2D eigenvalue weighted by Gasteiger charge is 2.23. The number of hydrogen-bond donors (Lipinski definition) is 2. The van der Waals surface area contributed by atoms with Crippen molar-refractivity contribution in [1.82, 2.24) is 9.88 Å². The Morgan fingerprint density at radius 3 is 2.33 bits per heavy atom. The highest BCUT2D eigenvalue weighted by Crippen LogP contribution is 2.24. The third kappa shape index (κ3) is 7.05. The minimum absolute atomic E-state index is 0.00881. The highest BCUT2D eigenvalue weighted by atomic mass is 32.2. The summed E-state index contributed by atoms with van der Waals surface area (Å²) in [7, 11) is 0. The fraction of sp³-hybridized carbons (Fsp3) is 0.280. The van der Waals surface area contributed by atoms with Crippen molar-refractivity contribution in [3.8, 4) is 0 Å². The number of aromatic nitrogens is 1. The van der Waals surface area contributed by atoms with E-state index in [1.165, 1.54) is 36.1 Å². The van der Waals surface area contributed by atoms with Gasteiger partial charge in [-0.3, -0.25) is 14.4 Å². The average molecular weight is 528 g/mol. The molecule has 1 fully saturated rings. The zero-order valence-corrected chi connectivity index (χ0v) is 21.3. The molecule has 1 aromatic heterocycles. The van der Waals surface area contributed by atoms with E-state index in [0.717, 1.165) is 4.34 Å². The summed E-state index contributed by atoms with van der Waals surface area (Å²) in [4.78, 5) is 44.3. The number of nitrogens with zero attached hydrogens (tertiary/aromatic N) is 3. The molecule has 3 amide bonds. The van der Waals surface area contributed by atoms with Gasteiger partial charge in [0.15, 0.2) is 4.34 Å². The van der Waals surface area contributed by atoms with Gasteiger partial charge in [0.25, 0.3) is 0 Å². The Labute approximate surface area is 216 Å². The molecule has 2 N–H and O–H groups in total. The average Bonchev–Trinajstić information content (AvgIpc) is 3.31. The van der Waals surface area contributed by atoms with Gasteiger partial charge in [0.2, 0.25) is 17.7 Å². The van der Waals surface area contributed by atoms with Crippen LogP contribution < -0.4 is 15.5 Å². The van der Waals surface area contributed by atoms with Crippen LogP contribution in [0.5, 0.6) is 0 Å². The van der Waals surface area contributed by atoms with Crippen molar-refractivity contribution >= 4 is 57.9 Å². The molecule has 3 aromatic rings. The van der Waals surface area contributed by atoms with Crippen molar-refractivity contribution in [2.24, 2.45) is 0 Å². The second-order valence-electron chi connectivity index (χ2n) is 8.20. The fourth-order valence-corrected chi connectivity index (χ4v) is 5.42. The first-order valence-corrected chi connectivity index (χ1v) is 13.3. The number of piperazine rings is 1. The van der Waals surface area contributed by atoms with Crippen LogP contribution in [-0.4, -0.2) is 59.5 Å². The van der Waals surface area contributed by atoms with Crippen molar-refractivity contribution in [3.05, 3.63) is 65.4 Å². The lowest BCUT2D eigenvalue weighted by atomic mass is 10.2. The number of thioether (sulfide) groups is 1.